The third-order valence-electron chi connectivity index (χ3n) is 5.27. The lowest BCUT2D eigenvalue weighted by Gasteiger charge is -2.36. The van der Waals surface area contributed by atoms with Crippen LogP contribution in [0.5, 0.6) is 0 Å². The molecule has 0 spiro atoms. The molecule has 152 valence electrons. The summed E-state index contributed by atoms with van der Waals surface area (Å²) in [6, 6.07) is 18.0. The predicted molar refractivity (Wildman–Crippen MR) is 114 cm³/mol. The maximum Gasteiger partial charge on any atom is 0.336 e. The Kier molecular flexibility index (Phi) is 6.86. The van der Waals surface area contributed by atoms with Crippen molar-refractivity contribution in [2.45, 2.75) is 52.5 Å². The van der Waals surface area contributed by atoms with Gasteiger partial charge in [-0.25, -0.2) is 4.79 Å². The highest BCUT2D eigenvalue weighted by atomic mass is 16.5. The van der Waals surface area contributed by atoms with Crippen molar-refractivity contribution in [2.24, 2.45) is 0 Å². The van der Waals surface area contributed by atoms with Gasteiger partial charge in [-0.05, 0) is 31.4 Å². The Labute approximate surface area is 173 Å². The summed E-state index contributed by atoms with van der Waals surface area (Å²) in [6.07, 6.45) is 1.78. The lowest BCUT2D eigenvalue weighted by molar-refractivity contribution is -0.140. The van der Waals surface area contributed by atoms with Gasteiger partial charge >= 0.3 is 5.97 Å². The van der Waals surface area contributed by atoms with Crippen molar-refractivity contribution in [3.63, 3.8) is 0 Å². The Morgan fingerprint density at radius 2 is 1.86 bits per heavy atom. The van der Waals surface area contributed by atoms with E-state index < -0.39 is 0 Å². The maximum atomic E-state index is 13.2. The first-order valence-corrected chi connectivity index (χ1v) is 10.4. The minimum absolute atomic E-state index is 0.0526. The smallest absolute Gasteiger partial charge is 0.336 e. The van der Waals surface area contributed by atoms with Crippen LogP contribution in [0.4, 0.5) is 0 Å². The fourth-order valence-electron chi connectivity index (χ4n) is 4.01. The number of benzene rings is 2. The van der Waals surface area contributed by atoms with Gasteiger partial charge in [-0.15, -0.1) is 0 Å². The van der Waals surface area contributed by atoms with Gasteiger partial charge in [-0.2, -0.15) is 0 Å². The molecule has 3 rings (SSSR count). The van der Waals surface area contributed by atoms with Gasteiger partial charge in [0, 0.05) is 18.0 Å². The highest BCUT2D eigenvalue weighted by Crippen LogP contribution is 2.39. The molecule has 2 aromatic carbocycles. The first kappa shape index (κ1) is 20.8. The number of esters is 1. The average Bonchev–Trinajstić information content (AvgIpc) is 2.71. The van der Waals surface area contributed by atoms with E-state index in [1.807, 2.05) is 62.4 Å². The topological polar surface area (TPSA) is 46.6 Å². The molecule has 29 heavy (non-hydrogen) atoms. The number of carbonyl (C=O) groups excluding carboxylic acids is 2. The molecule has 1 atom stereocenters. The van der Waals surface area contributed by atoms with E-state index in [-0.39, 0.29) is 24.2 Å². The fraction of sp³-hybridized carbons (Fsp3) is 0.360. The van der Waals surface area contributed by atoms with Gasteiger partial charge < -0.3 is 9.64 Å². The molecular weight excluding hydrogens is 362 g/mol. The van der Waals surface area contributed by atoms with Gasteiger partial charge in [-0.3, -0.25) is 4.79 Å². The number of ether oxygens (including phenoxy) is 1. The second-order valence-electron chi connectivity index (χ2n) is 7.47. The van der Waals surface area contributed by atoms with Crippen molar-refractivity contribution < 1.29 is 14.3 Å². The molecule has 1 unspecified atom stereocenters. The van der Waals surface area contributed by atoms with E-state index in [0.717, 1.165) is 28.8 Å². The van der Waals surface area contributed by atoms with Crippen LogP contribution in [-0.4, -0.2) is 23.4 Å². The van der Waals surface area contributed by atoms with Crippen molar-refractivity contribution in [2.75, 3.05) is 6.61 Å². The normalized spacial score (nSPS) is 16.9. The van der Waals surface area contributed by atoms with Crippen LogP contribution >= 0.6 is 0 Å². The number of nitrogens with zero attached hydrogens (tertiary/aromatic N) is 1. The molecule has 0 fully saturated rings. The molecule has 1 amide bonds. The van der Waals surface area contributed by atoms with Crippen LogP contribution in [-0.2, 0) is 20.9 Å². The van der Waals surface area contributed by atoms with Gasteiger partial charge in [0.05, 0.1) is 18.7 Å². The molecule has 0 bridgehead atoms. The maximum absolute atomic E-state index is 13.2. The Morgan fingerprint density at radius 1 is 1.10 bits per heavy atom. The Balaban J connectivity index is 2.09. The minimum atomic E-state index is -0.313. The van der Waals surface area contributed by atoms with Crippen molar-refractivity contribution in [1.82, 2.24) is 4.90 Å². The zero-order valence-corrected chi connectivity index (χ0v) is 17.5. The molecule has 4 heteroatoms. The molecule has 0 saturated heterocycles. The predicted octanol–water partition coefficient (Wildman–Crippen LogP) is 5.13. The number of carbonyl (C=O) groups is 2. The lowest BCUT2D eigenvalue weighted by atomic mass is 9.82. The van der Waals surface area contributed by atoms with Gasteiger partial charge in [0.25, 0.3) is 0 Å². The summed E-state index contributed by atoms with van der Waals surface area (Å²) in [5.41, 5.74) is 4.63. The number of amides is 1. The largest absolute Gasteiger partial charge is 0.463 e. The van der Waals surface area contributed by atoms with Crippen molar-refractivity contribution in [3.05, 3.63) is 82.6 Å². The lowest BCUT2D eigenvalue weighted by Crippen LogP contribution is -2.39. The summed E-state index contributed by atoms with van der Waals surface area (Å²) in [5, 5.41) is 0. The van der Waals surface area contributed by atoms with Gasteiger partial charge in [0.2, 0.25) is 5.91 Å². The summed E-state index contributed by atoms with van der Waals surface area (Å²) in [5.74, 6) is -0.526. The summed E-state index contributed by atoms with van der Waals surface area (Å²) < 4.78 is 5.43. The van der Waals surface area contributed by atoms with Crippen LogP contribution < -0.4 is 0 Å². The number of allylic oxidation sites excluding steroid dienone is 1. The number of aryl methyl sites for hydroxylation is 1. The number of rotatable bonds is 7. The van der Waals surface area contributed by atoms with Crippen LogP contribution in [0.15, 0.2) is 65.9 Å². The van der Waals surface area contributed by atoms with Crippen LogP contribution in [0.25, 0.3) is 0 Å². The van der Waals surface area contributed by atoms with E-state index >= 15 is 0 Å². The number of hydrogen-bond donors (Lipinski definition) is 0. The molecule has 0 N–H and O–H groups in total. The fourth-order valence-corrected chi connectivity index (χ4v) is 4.01. The summed E-state index contributed by atoms with van der Waals surface area (Å²) in [4.78, 5) is 28.0. The first-order valence-electron chi connectivity index (χ1n) is 10.4. The SMILES string of the molecule is CCCC1=C(C(=O)OCC)C(c2ccccc2)CC(=O)N1Cc1cccc(C)c1. The zero-order valence-electron chi connectivity index (χ0n) is 17.5. The Morgan fingerprint density at radius 3 is 2.52 bits per heavy atom. The first-order chi connectivity index (χ1) is 14.0. The average molecular weight is 392 g/mol. The minimum Gasteiger partial charge on any atom is -0.463 e. The third-order valence-corrected chi connectivity index (χ3v) is 5.27. The summed E-state index contributed by atoms with van der Waals surface area (Å²) in [6.45, 7) is 6.71. The molecule has 1 heterocycles. The highest BCUT2D eigenvalue weighted by Gasteiger charge is 2.38. The van der Waals surface area contributed by atoms with E-state index in [2.05, 4.69) is 13.0 Å². The van der Waals surface area contributed by atoms with Crippen LogP contribution in [0, 0.1) is 6.92 Å². The van der Waals surface area contributed by atoms with Gasteiger partial charge in [-0.1, -0.05) is 73.5 Å². The van der Waals surface area contributed by atoms with Crippen LogP contribution in [0.1, 0.15) is 55.7 Å². The molecule has 0 aromatic heterocycles. The van der Waals surface area contributed by atoms with E-state index in [1.165, 1.54) is 0 Å². The quantitative estimate of drug-likeness (QED) is 0.615. The Bertz CT molecular complexity index is 901. The molecule has 1 aliphatic heterocycles. The monoisotopic (exact) mass is 391 g/mol. The van der Waals surface area contributed by atoms with Crippen LogP contribution in [0.3, 0.4) is 0 Å². The molecule has 0 aliphatic carbocycles. The highest BCUT2D eigenvalue weighted by molar-refractivity contribution is 5.96. The van der Waals surface area contributed by atoms with E-state index in [0.29, 0.717) is 25.1 Å². The molecule has 1 aliphatic rings. The third kappa shape index (κ3) is 4.76. The standard InChI is InChI=1S/C25H29NO3/c1-4-10-22-24(25(28)29-5-2)21(20-13-7-6-8-14-20)16-23(27)26(22)17-19-12-9-11-18(3)15-19/h6-9,11-15,21H,4-5,10,16-17H2,1-3H3. The van der Waals surface area contributed by atoms with Crippen molar-refractivity contribution in [1.29, 1.82) is 0 Å². The number of hydrogen-bond acceptors (Lipinski definition) is 3. The zero-order chi connectivity index (χ0) is 20.8. The summed E-state index contributed by atoms with van der Waals surface area (Å²) in [7, 11) is 0. The van der Waals surface area contributed by atoms with E-state index in [4.69, 9.17) is 4.74 Å². The van der Waals surface area contributed by atoms with Crippen molar-refractivity contribution in [3.8, 4) is 0 Å². The van der Waals surface area contributed by atoms with E-state index in [1.54, 1.807) is 4.90 Å². The summed E-state index contributed by atoms with van der Waals surface area (Å²) >= 11 is 0. The van der Waals surface area contributed by atoms with E-state index in [9.17, 15) is 9.59 Å². The molecular formula is C25H29NO3. The molecule has 0 saturated carbocycles. The molecule has 0 radical (unpaired) electrons. The molecule has 2 aromatic rings. The second-order valence-corrected chi connectivity index (χ2v) is 7.47. The molecule has 4 nitrogen and oxygen atoms in total. The van der Waals surface area contributed by atoms with Gasteiger partial charge in [0.15, 0.2) is 0 Å². The van der Waals surface area contributed by atoms with Gasteiger partial charge in [0.1, 0.15) is 0 Å². The van der Waals surface area contributed by atoms with Crippen LogP contribution in [0.2, 0.25) is 0 Å². The second kappa shape index (κ2) is 9.55. The van der Waals surface area contributed by atoms with Crippen molar-refractivity contribution >= 4 is 11.9 Å². The Hall–Kier alpha value is -2.88.